The van der Waals surface area contributed by atoms with Crippen LogP contribution in [-0.2, 0) is 0 Å². The van der Waals surface area contributed by atoms with Crippen molar-refractivity contribution < 1.29 is 5.11 Å². The van der Waals surface area contributed by atoms with Gasteiger partial charge in [-0.3, -0.25) is 16.6 Å². The number of hydrogen-bond acceptors (Lipinski definition) is 4. The van der Waals surface area contributed by atoms with Gasteiger partial charge in [-0.25, -0.2) is 0 Å². The van der Waals surface area contributed by atoms with Gasteiger partial charge >= 0.3 is 0 Å². The maximum atomic E-state index is 8.45. The van der Waals surface area contributed by atoms with Crippen molar-refractivity contribution in [3.8, 4) is 0 Å². The summed E-state index contributed by atoms with van der Waals surface area (Å²) in [6.07, 6.45) is 0. The standard InChI is InChI=1S/C5H13NO.H4N2/c1-3-6(4-2)5-7;1-2/h7H,3-5H2,1-2H3;1-2H2. The molecular weight excluding hydrogens is 118 g/mol. The zero-order valence-corrected chi connectivity index (χ0v) is 6.17. The number of rotatable bonds is 3. The predicted octanol–water partition coefficient (Wildman–Crippen LogP) is -0.903. The molecule has 0 aromatic heterocycles. The second-order valence-corrected chi connectivity index (χ2v) is 1.44. The Labute approximate surface area is 56.4 Å². The molecule has 0 spiro atoms. The molecule has 0 aromatic rings. The topological polar surface area (TPSA) is 75.5 Å². The molecule has 4 nitrogen and oxygen atoms in total. The predicted molar refractivity (Wildman–Crippen MR) is 38.4 cm³/mol. The highest BCUT2D eigenvalue weighted by atomic mass is 16.3. The molecule has 0 amide bonds. The van der Waals surface area contributed by atoms with Gasteiger partial charge in [0.25, 0.3) is 0 Å². The number of aliphatic hydroxyl groups is 1. The first-order chi connectivity index (χ1) is 4.35. The third-order valence-corrected chi connectivity index (χ3v) is 1.09. The molecule has 0 aliphatic heterocycles. The highest BCUT2D eigenvalue weighted by Crippen LogP contribution is 1.79. The minimum Gasteiger partial charge on any atom is -0.381 e. The molecule has 4 heteroatoms. The van der Waals surface area contributed by atoms with Crippen molar-refractivity contribution in [2.24, 2.45) is 11.7 Å². The molecule has 0 aromatic carbocycles. The van der Waals surface area contributed by atoms with Gasteiger partial charge in [0.2, 0.25) is 0 Å². The minimum atomic E-state index is 0.188. The molecule has 0 radical (unpaired) electrons. The van der Waals surface area contributed by atoms with Crippen molar-refractivity contribution in [2.75, 3.05) is 19.8 Å². The second-order valence-electron chi connectivity index (χ2n) is 1.44. The fourth-order valence-electron chi connectivity index (χ4n) is 0.424. The van der Waals surface area contributed by atoms with Gasteiger partial charge in [-0.15, -0.1) is 0 Å². The summed E-state index contributed by atoms with van der Waals surface area (Å²) in [4.78, 5) is 1.93. The Morgan fingerprint density at radius 1 is 1.22 bits per heavy atom. The van der Waals surface area contributed by atoms with E-state index < -0.39 is 0 Å². The SMILES string of the molecule is CCN(CC)CO.NN. The third kappa shape index (κ3) is 7.84. The van der Waals surface area contributed by atoms with Crippen LogP contribution in [0.4, 0.5) is 0 Å². The summed E-state index contributed by atoms with van der Waals surface area (Å²) in [5.41, 5.74) is 0. The van der Waals surface area contributed by atoms with Gasteiger partial charge in [0.15, 0.2) is 0 Å². The van der Waals surface area contributed by atoms with Crippen molar-refractivity contribution in [3.63, 3.8) is 0 Å². The lowest BCUT2D eigenvalue weighted by molar-refractivity contribution is 0.118. The highest BCUT2D eigenvalue weighted by Gasteiger charge is 1.90. The Kier molecular flexibility index (Phi) is 13.9. The van der Waals surface area contributed by atoms with E-state index >= 15 is 0 Å². The van der Waals surface area contributed by atoms with E-state index in [0.29, 0.717) is 0 Å². The van der Waals surface area contributed by atoms with Crippen LogP contribution in [0.3, 0.4) is 0 Å². The Morgan fingerprint density at radius 3 is 1.56 bits per heavy atom. The van der Waals surface area contributed by atoms with Crippen LogP contribution in [0.15, 0.2) is 0 Å². The largest absolute Gasteiger partial charge is 0.381 e. The van der Waals surface area contributed by atoms with Gasteiger partial charge in [0, 0.05) is 0 Å². The molecular formula is C5H17N3O. The lowest BCUT2D eigenvalue weighted by Gasteiger charge is -2.12. The van der Waals surface area contributed by atoms with E-state index in [1.165, 1.54) is 0 Å². The monoisotopic (exact) mass is 135 g/mol. The van der Waals surface area contributed by atoms with Crippen LogP contribution in [-0.4, -0.2) is 29.8 Å². The first-order valence-corrected chi connectivity index (χ1v) is 3.01. The Bertz CT molecular complexity index is 33.7. The zero-order valence-electron chi connectivity index (χ0n) is 6.17. The van der Waals surface area contributed by atoms with E-state index in [9.17, 15) is 0 Å². The number of nitrogens with zero attached hydrogens (tertiary/aromatic N) is 1. The third-order valence-electron chi connectivity index (χ3n) is 1.09. The Hall–Kier alpha value is -0.160. The van der Waals surface area contributed by atoms with Gasteiger partial charge in [-0.1, -0.05) is 13.8 Å². The summed E-state index contributed by atoms with van der Waals surface area (Å²) < 4.78 is 0. The summed E-state index contributed by atoms with van der Waals surface area (Å²) in [6.45, 7) is 6.12. The average molecular weight is 135 g/mol. The van der Waals surface area contributed by atoms with Crippen LogP contribution in [0, 0.1) is 0 Å². The summed E-state index contributed by atoms with van der Waals surface area (Å²) in [6, 6.07) is 0. The van der Waals surface area contributed by atoms with Gasteiger partial charge in [0.05, 0.1) is 6.73 Å². The first-order valence-electron chi connectivity index (χ1n) is 3.01. The molecule has 0 unspecified atom stereocenters. The number of nitrogens with two attached hydrogens (primary N) is 2. The summed E-state index contributed by atoms with van der Waals surface area (Å²) in [5.74, 6) is 8.00. The molecule has 9 heavy (non-hydrogen) atoms. The normalized spacial score (nSPS) is 8.67. The molecule has 0 bridgehead atoms. The maximum absolute atomic E-state index is 8.45. The smallest absolute Gasteiger partial charge is 0.0956 e. The van der Waals surface area contributed by atoms with Crippen molar-refractivity contribution in [1.29, 1.82) is 0 Å². The molecule has 0 saturated carbocycles. The maximum Gasteiger partial charge on any atom is 0.0956 e. The lowest BCUT2D eigenvalue weighted by Crippen LogP contribution is -2.23. The molecule has 5 N–H and O–H groups in total. The van der Waals surface area contributed by atoms with Crippen LogP contribution in [0.1, 0.15) is 13.8 Å². The van der Waals surface area contributed by atoms with Gasteiger partial charge in [0.1, 0.15) is 0 Å². The van der Waals surface area contributed by atoms with Crippen molar-refractivity contribution in [1.82, 2.24) is 4.90 Å². The van der Waals surface area contributed by atoms with Crippen molar-refractivity contribution in [2.45, 2.75) is 13.8 Å². The van der Waals surface area contributed by atoms with Crippen LogP contribution in [0.2, 0.25) is 0 Å². The Balaban J connectivity index is 0. The van der Waals surface area contributed by atoms with E-state index in [1.54, 1.807) is 0 Å². The van der Waals surface area contributed by atoms with E-state index in [-0.39, 0.29) is 6.73 Å². The molecule has 0 atom stereocenters. The van der Waals surface area contributed by atoms with Crippen LogP contribution >= 0.6 is 0 Å². The van der Waals surface area contributed by atoms with E-state index in [0.717, 1.165) is 13.1 Å². The zero-order chi connectivity index (χ0) is 7.70. The quantitative estimate of drug-likeness (QED) is 0.266. The summed E-state index contributed by atoms with van der Waals surface area (Å²) in [5, 5.41) is 8.45. The van der Waals surface area contributed by atoms with Crippen LogP contribution in [0.25, 0.3) is 0 Å². The van der Waals surface area contributed by atoms with Gasteiger partial charge < -0.3 is 5.11 Å². The van der Waals surface area contributed by atoms with Crippen LogP contribution in [0.5, 0.6) is 0 Å². The second kappa shape index (κ2) is 10.8. The molecule has 0 heterocycles. The Morgan fingerprint density at radius 2 is 1.56 bits per heavy atom. The van der Waals surface area contributed by atoms with Crippen molar-refractivity contribution >= 4 is 0 Å². The summed E-state index contributed by atoms with van der Waals surface area (Å²) >= 11 is 0. The van der Waals surface area contributed by atoms with E-state index in [1.807, 2.05) is 18.7 Å². The van der Waals surface area contributed by atoms with Crippen molar-refractivity contribution in [3.05, 3.63) is 0 Å². The molecule has 0 fully saturated rings. The van der Waals surface area contributed by atoms with E-state index in [4.69, 9.17) is 5.11 Å². The molecule has 0 saturated heterocycles. The van der Waals surface area contributed by atoms with E-state index in [2.05, 4.69) is 11.7 Å². The lowest BCUT2D eigenvalue weighted by atomic mass is 10.6. The fourth-order valence-corrected chi connectivity index (χ4v) is 0.424. The summed E-state index contributed by atoms with van der Waals surface area (Å²) in [7, 11) is 0. The molecule has 0 aliphatic carbocycles. The van der Waals surface area contributed by atoms with Crippen LogP contribution < -0.4 is 11.7 Å². The minimum absolute atomic E-state index is 0.188. The molecule has 0 aliphatic rings. The number of aliphatic hydroxyl groups excluding tert-OH is 1. The number of hydrazine groups is 1. The highest BCUT2D eigenvalue weighted by molar-refractivity contribution is 4.39. The molecule has 0 rings (SSSR count). The fraction of sp³-hybridized carbons (Fsp3) is 1.00. The number of hydrogen-bond donors (Lipinski definition) is 3. The first kappa shape index (κ1) is 11.6. The average Bonchev–Trinajstić information content (AvgIpc) is 1.96. The van der Waals surface area contributed by atoms with Gasteiger partial charge in [-0.05, 0) is 13.1 Å². The van der Waals surface area contributed by atoms with Gasteiger partial charge in [-0.2, -0.15) is 0 Å². The molecule has 58 valence electrons.